The normalized spacial score (nSPS) is 19.2. The van der Waals surface area contributed by atoms with Gasteiger partial charge in [0.2, 0.25) is 5.91 Å². The van der Waals surface area contributed by atoms with Crippen LogP contribution < -0.4 is 5.32 Å². The summed E-state index contributed by atoms with van der Waals surface area (Å²) >= 11 is 0. The van der Waals surface area contributed by atoms with E-state index in [0.717, 1.165) is 70.6 Å². The number of carbonyl (C=O) groups excluding carboxylic acids is 1. The first kappa shape index (κ1) is 71.2. The zero-order valence-electron chi connectivity index (χ0n) is 49.1. The van der Waals surface area contributed by atoms with Gasteiger partial charge in [-0.15, -0.1) is 0 Å². The monoisotopic (exact) mass is 1060 g/mol. The molecule has 0 aromatic rings. The van der Waals surface area contributed by atoms with Crippen molar-refractivity contribution in [2.24, 2.45) is 0 Å². The van der Waals surface area contributed by atoms with E-state index in [1.807, 2.05) is 0 Å². The molecule has 1 amide bonds. The number of aliphatic hydroxyl groups is 5. The van der Waals surface area contributed by atoms with Crippen molar-refractivity contribution >= 4 is 5.91 Å². The van der Waals surface area contributed by atoms with Gasteiger partial charge in [-0.2, -0.15) is 0 Å². The highest BCUT2D eigenvalue weighted by Crippen LogP contribution is 2.23. The zero-order valence-corrected chi connectivity index (χ0v) is 49.1. The van der Waals surface area contributed by atoms with Gasteiger partial charge in [0, 0.05) is 6.42 Å². The molecule has 0 spiro atoms. The van der Waals surface area contributed by atoms with Crippen LogP contribution >= 0.6 is 0 Å². The van der Waals surface area contributed by atoms with Crippen LogP contribution in [0.4, 0.5) is 0 Å². The number of rotatable bonds is 56. The van der Waals surface area contributed by atoms with E-state index in [0.29, 0.717) is 12.8 Å². The van der Waals surface area contributed by atoms with E-state index >= 15 is 0 Å². The van der Waals surface area contributed by atoms with Gasteiger partial charge in [0.15, 0.2) is 6.29 Å². The number of ether oxygens (including phenoxy) is 2. The third kappa shape index (κ3) is 44.7. The average Bonchev–Trinajstić information content (AvgIpc) is 3.41. The lowest BCUT2D eigenvalue weighted by Crippen LogP contribution is -2.60. The highest BCUT2D eigenvalue weighted by atomic mass is 16.7. The Kier molecular flexibility index (Phi) is 52.6. The van der Waals surface area contributed by atoms with Crippen LogP contribution in [0.25, 0.3) is 0 Å². The predicted molar refractivity (Wildman–Crippen MR) is 318 cm³/mol. The zero-order chi connectivity index (χ0) is 54.3. The maximum Gasteiger partial charge on any atom is 0.220 e. The summed E-state index contributed by atoms with van der Waals surface area (Å²) in [6, 6.07) is -0.724. The molecule has 75 heavy (non-hydrogen) atoms. The summed E-state index contributed by atoms with van der Waals surface area (Å²) in [7, 11) is 0. The molecule has 1 fully saturated rings. The molecule has 0 radical (unpaired) electrons. The topological polar surface area (TPSA) is 149 Å². The molecule has 0 saturated carbocycles. The Hall–Kier alpha value is -1.85. The molecule has 7 atom stereocenters. The number of unbranched alkanes of at least 4 members (excludes halogenated alkanes) is 38. The van der Waals surface area contributed by atoms with Gasteiger partial charge in [-0.05, 0) is 51.4 Å². The number of aliphatic hydroxyl groups excluding tert-OH is 5. The van der Waals surface area contributed by atoms with Crippen LogP contribution in [-0.2, 0) is 14.3 Å². The second kappa shape index (κ2) is 55.5. The summed E-state index contributed by atoms with van der Waals surface area (Å²) in [5, 5.41) is 54.8. The Bertz CT molecular complexity index is 1320. The minimum absolute atomic E-state index is 0.139. The molecular formula is C66H123NO8. The molecule has 6 N–H and O–H groups in total. The molecule has 1 aliphatic heterocycles. The lowest BCUT2D eigenvalue weighted by molar-refractivity contribution is -0.302. The molecule has 9 heteroatoms. The van der Waals surface area contributed by atoms with Crippen molar-refractivity contribution in [3.05, 3.63) is 48.6 Å². The third-order valence-electron chi connectivity index (χ3n) is 15.4. The second-order valence-corrected chi connectivity index (χ2v) is 22.5. The van der Waals surface area contributed by atoms with Crippen molar-refractivity contribution in [2.45, 2.75) is 352 Å². The summed E-state index contributed by atoms with van der Waals surface area (Å²) in [5.41, 5.74) is 0. The van der Waals surface area contributed by atoms with Crippen LogP contribution in [0.2, 0.25) is 0 Å². The molecule has 440 valence electrons. The van der Waals surface area contributed by atoms with Gasteiger partial charge in [0.05, 0.1) is 25.4 Å². The van der Waals surface area contributed by atoms with Gasteiger partial charge in [0.25, 0.3) is 0 Å². The van der Waals surface area contributed by atoms with Gasteiger partial charge >= 0.3 is 0 Å². The molecule has 0 aromatic heterocycles. The van der Waals surface area contributed by atoms with Gasteiger partial charge < -0.3 is 40.3 Å². The average molecular weight is 1060 g/mol. The number of amides is 1. The molecule has 1 rings (SSSR count). The predicted octanol–water partition coefficient (Wildman–Crippen LogP) is 16.9. The molecule has 1 heterocycles. The van der Waals surface area contributed by atoms with Gasteiger partial charge in [-0.3, -0.25) is 4.79 Å². The summed E-state index contributed by atoms with van der Waals surface area (Å²) in [5.74, 6) is -0.146. The van der Waals surface area contributed by atoms with Crippen LogP contribution in [0.1, 0.15) is 309 Å². The third-order valence-corrected chi connectivity index (χ3v) is 15.4. The van der Waals surface area contributed by atoms with Gasteiger partial charge in [0.1, 0.15) is 24.4 Å². The number of hydrogen-bond acceptors (Lipinski definition) is 8. The standard InChI is InChI=1S/C66H123NO8/c1-3-5-7-9-11-13-15-17-19-21-23-25-27-28-29-30-31-32-34-35-37-39-41-43-45-47-49-51-53-55-60(69)59(58-74-66-65(73)64(72)63(71)61(57-68)75-66)67-62(70)56-54-52-50-48-46-44-42-40-38-36-33-26-24-22-20-18-16-14-12-10-8-6-4-2/h6,8,12,14,18,20,24,26,59-61,63-66,68-69,71-73H,3-5,7,9-11,13,15-17,19,21-23,25,27-58H2,1-2H3,(H,67,70)/b8-6-,14-12-,20-18-,26-24-. The number of nitrogens with one attached hydrogen (secondary N) is 1. The van der Waals surface area contributed by atoms with Crippen molar-refractivity contribution in [1.29, 1.82) is 0 Å². The fourth-order valence-electron chi connectivity index (χ4n) is 10.4. The minimum Gasteiger partial charge on any atom is -0.394 e. The Morgan fingerprint density at radius 1 is 0.467 bits per heavy atom. The molecule has 1 saturated heterocycles. The van der Waals surface area contributed by atoms with Crippen LogP contribution in [0, 0.1) is 0 Å². The highest BCUT2D eigenvalue weighted by molar-refractivity contribution is 5.76. The van der Waals surface area contributed by atoms with E-state index in [9.17, 15) is 30.3 Å². The van der Waals surface area contributed by atoms with Crippen molar-refractivity contribution in [3.63, 3.8) is 0 Å². The Morgan fingerprint density at radius 2 is 0.827 bits per heavy atom. The Balaban J connectivity index is 2.15. The number of carbonyl (C=O) groups is 1. The van der Waals surface area contributed by atoms with Gasteiger partial charge in [-0.1, -0.05) is 300 Å². The van der Waals surface area contributed by atoms with E-state index in [4.69, 9.17) is 9.47 Å². The van der Waals surface area contributed by atoms with E-state index in [1.165, 1.54) is 212 Å². The first-order valence-corrected chi connectivity index (χ1v) is 32.3. The summed E-state index contributed by atoms with van der Waals surface area (Å²) < 4.78 is 11.3. The summed E-state index contributed by atoms with van der Waals surface area (Å²) in [4.78, 5) is 13.1. The van der Waals surface area contributed by atoms with Gasteiger partial charge in [-0.25, -0.2) is 0 Å². The summed E-state index contributed by atoms with van der Waals surface area (Å²) in [6.07, 6.45) is 67.3. The Morgan fingerprint density at radius 3 is 1.23 bits per heavy atom. The first-order valence-electron chi connectivity index (χ1n) is 32.3. The molecule has 1 aliphatic rings. The van der Waals surface area contributed by atoms with Crippen LogP contribution in [0.5, 0.6) is 0 Å². The molecule has 0 aliphatic carbocycles. The van der Waals surface area contributed by atoms with Crippen molar-refractivity contribution in [2.75, 3.05) is 13.2 Å². The van der Waals surface area contributed by atoms with E-state index < -0.39 is 49.5 Å². The lowest BCUT2D eigenvalue weighted by atomic mass is 9.99. The molecular weight excluding hydrogens is 935 g/mol. The van der Waals surface area contributed by atoms with Crippen LogP contribution in [0.15, 0.2) is 48.6 Å². The fraction of sp³-hybridized carbons (Fsp3) is 0.864. The van der Waals surface area contributed by atoms with Crippen molar-refractivity contribution in [1.82, 2.24) is 5.32 Å². The fourth-order valence-corrected chi connectivity index (χ4v) is 10.4. The molecule has 7 unspecified atom stereocenters. The van der Waals surface area contributed by atoms with Crippen LogP contribution in [-0.4, -0.2) is 87.5 Å². The smallest absolute Gasteiger partial charge is 0.220 e. The van der Waals surface area contributed by atoms with E-state index in [1.54, 1.807) is 0 Å². The SMILES string of the molecule is CC/C=C\C/C=C\C/C=C\C/C=C\CCCCCCCCCCCCC(=O)NC(COC1OC(CO)C(O)C(O)C1O)C(O)CCCCCCCCCCCCCCCCCCCCCCCCCCCCCCC. The number of hydrogen-bond donors (Lipinski definition) is 6. The number of allylic oxidation sites excluding steroid dienone is 8. The lowest BCUT2D eigenvalue weighted by Gasteiger charge is -2.40. The Labute approximate surface area is 463 Å². The quantitative estimate of drug-likeness (QED) is 0.0261. The molecule has 0 bridgehead atoms. The molecule has 9 nitrogen and oxygen atoms in total. The second-order valence-electron chi connectivity index (χ2n) is 22.5. The summed E-state index contributed by atoms with van der Waals surface area (Å²) in [6.45, 7) is 3.76. The molecule has 0 aromatic carbocycles. The maximum atomic E-state index is 13.1. The maximum absolute atomic E-state index is 13.1. The van der Waals surface area contributed by atoms with Crippen molar-refractivity contribution in [3.8, 4) is 0 Å². The van der Waals surface area contributed by atoms with E-state index in [-0.39, 0.29) is 12.5 Å². The van der Waals surface area contributed by atoms with Crippen LogP contribution in [0.3, 0.4) is 0 Å². The first-order chi connectivity index (χ1) is 36.8. The van der Waals surface area contributed by atoms with Crippen molar-refractivity contribution < 1.29 is 39.8 Å². The minimum atomic E-state index is -1.56. The van der Waals surface area contributed by atoms with E-state index in [2.05, 4.69) is 67.8 Å². The largest absolute Gasteiger partial charge is 0.394 e. The highest BCUT2D eigenvalue weighted by Gasteiger charge is 2.44.